The second-order valence-electron chi connectivity index (χ2n) is 9.98. The van der Waals surface area contributed by atoms with Crippen LogP contribution in [0.15, 0.2) is 54.6 Å². The number of nitrogens with one attached hydrogen (secondary N) is 3. The van der Waals surface area contributed by atoms with Crippen LogP contribution in [0.3, 0.4) is 0 Å². The second-order valence-corrected chi connectivity index (χ2v) is 13.6. The molecule has 5 rings (SSSR count). The van der Waals surface area contributed by atoms with Gasteiger partial charge in [-0.15, -0.1) is 11.3 Å². The fourth-order valence-corrected chi connectivity index (χ4v) is 6.51. The van der Waals surface area contributed by atoms with Gasteiger partial charge < -0.3 is 0 Å². The molecule has 0 saturated carbocycles. The number of piperidine rings is 1. The van der Waals surface area contributed by atoms with Crippen LogP contribution in [0.5, 0.6) is 0 Å². The first-order valence-electron chi connectivity index (χ1n) is 13.6. The molecule has 224 valence electrons. The first kappa shape index (κ1) is 31.2. The van der Waals surface area contributed by atoms with Crippen molar-refractivity contribution in [2.24, 2.45) is 0 Å². The molecule has 2 aromatic heterocycles. The number of aromatic nitrogens is 2. The Morgan fingerprint density at radius 3 is 2.47 bits per heavy atom. The van der Waals surface area contributed by atoms with E-state index in [-0.39, 0.29) is 12.2 Å². The lowest BCUT2D eigenvalue weighted by atomic mass is 10.1. The van der Waals surface area contributed by atoms with Crippen molar-refractivity contribution in [1.29, 1.82) is 0 Å². The van der Waals surface area contributed by atoms with Gasteiger partial charge in [-0.3, -0.25) is 10.2 Å². The molecule has 2 aromatic carbocycles. The van der Waals surface area contributed by atoms with Crippen LogP contribution < -0.4 is 14.9 Å². The molecule has 9 nitrogen and oxygen atoms in total. The van der Waals surface area contributed by atoms with Gasteiger partial charge in [0.1, 0.15) is 0 Å². The summed E-state index contributed by atoms with van der Waals surface area (Å²) in [5.41, 5.74) is 6.45. The Labute approximate surface area is 265 Å². The molecule has 1 amide bonds. The van der Waals surface area contributed by atoms with Crippen molar-refractivity contribution in [1.82, 2.24) is 29.7 Å². The van der Waals surface area contributed by atoms with Crippen LogP contribution >= 0.6 is 34.5 Å². The van der Waals surface area contributed by atoms with Gasteiger partial charge in [-0.1, -0.05) is 59.2 Å². The number of nitrogens with zero attached hydrogens (tertiary/aromatic N) is 3. The molecule has 3 N–H and O–H groups in total. The number of rotatable bonds is 8. The van der Waals surface area contributed by atoms with Crippen molar-refractivity contribution >= 4 is 50.7 Å². The van der Waals surface area contributed by atoms with Gasteiger partial charge in [-0.25, -0.2) is 14.4 Å². The summed E-state index contributed by atoms with van der Waals surface area (Å²) < 4.78 is 31.2. The SMILES string of the molecule is CNS(=O)(=O)NCc1c(C(=O)NN2CCCCC2)nn(-c2ccc(Cl)cc2Cl)c1-c1ccc(C#Cc2ccc(C)cc2)s1. The van der Waals surface area contributed by atoms with E-state index >= 15 is 0 Å². The molecule has 13 heteroatoms. The van der Waals surface area contributed by atoms with E-state index < -0.39 is 16.1 Å². The highest BCUT2D eigenvalue weighted by atomic mass is 35.5. The van der Waals surface area contributed by atoms with Gasteiger partial charge in [0.25, 0.3) is 16.1 Å². The van der Waals surface area contributed by atoms with E-state index in [1.807, 2.05) is 48.3 Å². The number of benzene rings is 2. The summed E-state index contributed by atoms with van der Waals surface area (Å²) in [6.45, 7) is 3.26. The van der Waals surface area contributed by atoms with Crippen molar-refractivity contribution in [3.63, 3.8) is 0 Å². The summed E-state index contributed by atoms with van der Waals surface area (Å²) in [4.78, 5) is 15.2. The number of carbonyl (C=O) groups is 1. The third-order valence-corrected chi connectivity index (χ3v) is 9.49. The number of hydrazine groups is 1. The van der Waals surface area contributed by atoms with Gasteiger partial charge in [0.15, 0.2) is 5.69 Å². The topological polar surface area (TPSA) is 108 Å². The van der Waals surface area contributed by atoms with E-state index in [0.717, 1.165) is 53.2 Å². The number of halogens is 2. The molecule has 1 saturated heterocycles. The third kappa shape index (κ3) is 7.66. The lowest BCUT2D eigenvalue weighted by Crippen LogP contribution is -2.45. The van der Waals surface area contributed by atoms with E-state index in [4.69, 9.17) is 28.3 Å². The highest BCUT2D eigenvalue weighted by molar-refractivity contribution is 7.87. The van der Waals surface area contributed by atoms with Gasteiger partial charge in [-0.2, -0.15) is 18.2 Å². The van der Waals surface area contributed by atoms with Gasteiger partial charge in [0.2, 0.25) is 0 Å². The number of aryl methyl sites for hydroxylation is 1. The molecule has 0 unspecified atom stereocenters. The van der Waals surface area contributed by atoms with Crippen LogP contribution in [0.4, 0.5) is 0 Å². The Balaban J connectivity index is 1.63. The summed E-state index contributed by atoms with van der Waals surface area (Å²) >= 11 is 14.2. The molecule has 0 bridgehead atoms. The third-order valence-electron chi connectivity index (χ3n) is 6.88. The van der Waals surface area contributed by atoms with Crippen LogP contribution in [0.1, 0.15) is 51.3 Å². The first-order valence-corrected chi connectivity index (χ1v) is 16.7. The Bertz CT molecular complexity index is 1800. The highest BCUT2D eigenvalue weighted by Gasteiger charge is 2.28. The Morgan fingerprint density at radius 1 is 1.02 bits per heavy atom. The molecular weight excluding hydrogens is 627 g/mol. The largest absolute Gasteiger partial charge is 0.286 e. The Hall–Kier alpha value is -3.21. The molecule has 0 spiro atoms. The molecule has 0 aliphatic carbocycles. The zero-order valence-electron chi connectivity index (χ0n) is 23.6. The average Bonchev–Trinajstić information content (AvgIpc) is 3.61. The predicted octanol–water partition coefficient (Wildman–Crippen LogP) is 5.30. The molecule has 1 aliphatic rings. The summed E-state index contributed by atoms with van der Waals surface area (Å²) in [6.07, 6.45) is 3.04. The van der Waals surface area contributed by atoms with Crippen molar-refractivity contribution in [3.05, 3.63) is 91.9 Å². The average molecular weight is 658 g/mol. The minimum absolute atomic E-state index is 0.0751. The van der Waals surface area contributed by atoms with E-state index in [0.29, 0.717) is 27.0 Å². The van der Waals surface area contributed by atoms with Crippen LogP contribution in [0, 0.1) is 18.8 Å². The molecule has 4 aromatic rings. The predicted molar refractivity (Wildman–Crippen MR) is 172 cm³/mol. The molecule has 3 heterocycles. The van der Waals surface area contributed by atoms with Crippen LogP contribution in [-0.4, -0.2) is 49.3 Å². The van der Waals surface area contributed by atoms with E-state index in [9.17, 15) is 13.2 Å². The quantitative estimate of drug-likeness (QED) is 0.223. The fourth-order valence-electron chi connectivity index (χ4n) is 4.63. The van der Waals surface area contributed by atoms with Gasteiger partial charge in [-0.05, 0) is 62.2 Å². The smallest absolute Gasteiger partial charge is 0.283 e. The van der Waals surface area contributed by atoms with E-state index in [2.05, 4.69) is 26.7 Å². The van der Waals surface area contributed by atoms with Gasteiger partial charge in [0.05, 0.1) is 26.2 Å². The maximum Gasteiger partial charge on any atom is 0.286 e. The van der Waals surface area contributed by atoms with E-state index in [1.54, 1.807) is 22.9 Å². The molecule has 0 radical (unpaired) electrons. The first-order chi connectivity index (χ1) is 20.6. The summed E-state index contributed by atoms with van der Waals surface area (Å²) in [6, 6.07) is 16.7. The number of hydrogen-bond acceptors (Lipinski definition) is 6. The second kappa shape index (κ2) is 13.6. The van der Waals surface area contributed by atoms with Crippen LogP contribution in [0.25, 0.3) is 16.3 Å². The van der Waals surface area contributed by atoms with Gasteiger partial charge >= 0.3 is 0 Å². The summed E-state index contributed by atoms with van der Waals surface area (Å²) in [5, 5.41) is 7.34. The normalized spacial score (nSPS) is 13.9. The van der Waals surface area contributed by atoms with Crippen LogP contribution in [0.2, 0.25) is 10.0 Å². The molecule has 1 aliphatic heterocycles. The van der Waals surface area contributed by atoms with Gasteiger partial charge in [0, 0.05) is 42.8 Å². The lowest BCUT2D eigenvalue weighted by Gasteiger charge is -2.26. The van der Waals surface area contributed by atoms with Crippen molar-refractivity contribution < 1.29 is 13.2 Å². The lowest BCUT2D eigenvalue weighted by molar-refractivity contribution is 0.0743. The van der Waals surface area contributed by atoms with Crippen LogP contribution in [-0.2, 0) is 16.8 Å². The molecular formula is C30H30Cl2N6O3S2. The van der Waals surface area contributed by atoms with Crippen molar-refractivity contribution in [3.8, 4) is 28.1 Å². The zero-order chi connectivity index (χ0) is 30.6. The number of thiophene rings is 1. The Morgan fingerprint density at radius 2 is 1.77 bits per heavy atom. The zero-order valence-corrected chi connectivity index (χ0v) is 26.7. The summed E-state index contributed by atoms with van der Waals surface area (Å²) in [5.74, 6) is 5.95. The molecule has 1 fully saturated rings. The highest BCUT2D eigenvalue weighted by Crippen LogP contribution is 2.36. The van der Waals surface area contributed by atoms with Crippen molar-refractivity contribution in [2.45, 2.75) is 32.7 Å². The van der Waals surface area contributed by atoms with E-state index in [1.165, 1.54) is 18.4 Å². The monoisotopic (exact) mass is 656 g/mol. The Kier molecular flexibility index (Phi) is 9.88. The molecule has 0 atom stereocenters. The maximum absolute atomic E-state index is 13.7. The summed E-state index contributed by atoms with van der Waals surface area (Å²) in [7, 11) is -2.53. The number of amides is 1. The molecule has 43 heavy (non-hydrogen) atoms. The maximum atomic E-state index is 13.7. The van der Waals surface area contributed by atoms with Crippen molar-refractivity contribution in [2.75, 3.05) is 20.1 Å². The number of carbonyl (C=O) groups excluding carboxylic acids is 1. The standard InChI is InChI=1S/C30H30Cl2N6O3S2/c1-20-6-8-21(9-7-20)10-12-23-13-15-27(42-23)29-24(19-34-43(40,41)33-2)28(30(39)36-37-16-4-3-5-17-37)35-38(29)26-14-11-22(31)18-25(26)32/h6-9,11,13-15,18,33-34H,3-5,16-17,19H2,1-2H3,(H,36,39). The fraction of sp³-hybridized carbons (Fsp3) is 0.267. The minimum Gasteiger partial charge on any atom is -0.283 e. The minimum atomic E-state index is -3.83. The number of hydrogen-bond donors (Lipinski definition) is 3.